The Morgan fingerprint density at radius 2 is 2.16 bits per heavy atom. The molecule has 5 heteroatoms. The Balaban J connectivity index is 1.67. The van der Waals surface area contributed by atoms with E-state index in [1.165, 1.54) is 4.90 Å². The molecule has 1 saturated heterocycles. The van der Waals surface area contributed by atoms with E-state index >= 15 is 0 Å². The number of hydrogen-bond donors (Lipinski definition) is 1. The van der Waals surface area contributed by atoms with Crippen LogP contribution in [-0.2, 0) is 16.1 Å². The van der Waals surface area contributed by atoms with Gasteiger partial charge in [-0.1, -0.05) is 30.3 Å². The zero-order valence-corrected chi connectivity index (χ0v) is 11.0. The SMILES string of the molecule is CN1CC(CCC(=O)NCc2ccccc2)OC1=O. The maximum absolute atomic E-state index is 11.7. The van der Waals surface area contributed by atoms with Gasteiger partial charge in [0.1, 0.15) is 6.10 Å². The Morgan fingerprint density at radius 1 is 1.42 bits per heavy atom. The highest BCUT2D eigenvalue weighted by molar-refractivity contribution is 5.76. The maximum atomic E-state index is 11.7. The molecule has 2 rings (SSSR count). The van der Waals surface area contributed by atoms with Crippen LogP contribution in [0.4, 0.5) is 4.79 Å². The molecular weight excluding hydrogens is 244 g/mol. The molecule has 2 amide bonds. The van der Waals surface area contributed by atoms with Gasteiger partial charge >= 0.3 is 6.09 Å². The highest BCUT2D eigenvalue weighted by Gasteiger charge is 2.28. The van der Waals surface area contributed by atoms with Crippen LogP contribution in [0.25, 0.3) is 0 Å². The molecule has 0 radical (unpaired) electrons. The molecule has 1 heterocycles. The van der Waals surface area contributed by atoms with Gasteiger partial charge < -0.3 is 15.0 Å². The van der Waals surface area contributed by atoms with Gasteiger partial charge in [-0.3, -0.25) is 4.79 Å². The van der Waals surface area contributed by atoms with Crippen LogP contribution in [-0.4, -0.2) is 36.6 Å². The number of ether oxygens (including phenoxy) is 1. The molecule has 1 unspecified atom stereocenters. The average Bonchev–Trinajstić information content (AvgIpc) is 2.74. The van der Waals surface area contributed by atoms with Crippen molar-refractivity contribution in [3.8, 4) is 0 Å². The number of carbonyl (C=O) groups is 2. The standard InChI is InChI=1S/C14H18N2O3/c1-16-10-12(19-14(16)18)7-8-13(17)15-9-11-5-3-2-4-6-11/h2-6,12H,7-10H2,1H3,(H,15,17). The molecule has 1 aliphatic rings. The highest BCUT2D eigenvalue weighted by Crippen LogP contribution is 2.13. The van der Waals surface area contributed by atoms with Crippen molar-refractivity contribution in [3.63, 3.8) is 0 Å². The Morgan fingerprint density at radius 3 is 2.79 bits per heavy atom. The second-order valence-corrected chi connectivity index (χ2v) is 4.69. The summed E-state index contributed by atoms with van der Waals surface area (Å²) in [6.07, 6.45) is 0.463. The maximum Gasteiger partial charge on any atom is 0.409 e. The minimum atomic E-state index is -0.310. The van der Waals surface area contributed by atoms with E-state index in [1.807, 2.05) is 30.3 Å². The summed E-state index contributed by atoms with van der Waals surface area (Å²) in [5.74, 6) is -0.0190. The van der Waals surface area contributed by atoms with Gasteiger partial charge in [0.2, 0.25) is 5.91 Å². The van der Waals surface area contributed by atoms with Crippen molar-refractivity contribution >= 4 is 12.0 Å². The molecule has 1 atom stereocenters. The van der Waals surface area contributed by atoms with Gasteiger partial charge in [-0.2, -0.15) is 0 Å². The molecule has 1 N–H and O–H groups in total. The molecule has 19 heavy (non-hydrogen) atoms. The van der Waals surface area contributed by atoms with Gasteiger partial charge in [-0.15, -0.1) is 0 Å². The van der Waals surface area contributed by atoms with E-state index in [4.69, 9.17) is 4.74 Å². The average molecular weight is 262 g/mol. The first-order chi connectivity index (χ1) is 9.15. The lowest BCUT2D eigenvalue weighted by Crippen LogP contribution is -2.25. The lowest BCUT2D eigenvalue weighted by Gasteiger charge is -2.08. The third-order valence-corrected chi connectivity index (χ3v) is 3.08. The number of rotatable bonds is 5. The first kappa shape index (κ1) is 13.4. The molecule has 1 aromatic carbocycles. The number of benzene rings is 1. The number of carbonyl (C=O) groups excluding carboxylic acids is 2. The summed E-state index contributed by atoms with van der Waals surface area (Å²) in [6.45, 7) is 1.09. The fourth-order valence-electron chi connectivity index (χ4n) is 1.98. The second kappa shape index (κ2) is 6.22. The normalized spacial score (nSPS) is 18.3. The molecule has 0 bridgehead atoms. The lowest BCUT2D eigenvalue weighted by molar-refractivity contribution is -0.121. The summed E-state index contributed by atoms with van der Waals surface area (Å²) in [5.41, 5.74) is 1.07. The Bertz CT molecular complexity index is 447. The van der Waals surface area contributed by atoms with Crippen molar-refractivity contribution in [2.45, 2.75) is 25.5 Å². The number of amides is 2. The van der Waals surface area contributed by atoms with Crippen molar-refractivity contribution in [2.75, 3.05) is 13.6 Å². The third-order valence-electron chi connectivity index (χ3n) is 3.08. The van der Waals surface area contributed by atoms with Gasteiger partial charge in [-0.05, 0) is 12.0 Å². The molecular formula is C14H18N2O3. The van der Waals surface area contributed by atoms with Crippen LogP contribution in [0, 0.1) is 0 Å². The number of cyclic esters (lactones) is 1. The second-order valence-electron chi connectivity index (χ2n) is 4.69. The molecule has 0 spiro atoms. The van der Waals surface area contributed by atoms with Crippen LogP contribution < -0.4 is 5.32 Å². The van der Waals surface area contributed by atoms with Crippen LogP contribution in [0.2, 0.25) is 0 Å². The first-order valence-corrected chi connectivity index (χ1v) is 6.37. The lowest BCUT2D eigenvalue weighted by atomic mass is 10.2. The fourth-order valence-corrected chi connectivity index (χ4v) is 1.98. The van der Waals surface area contributed by atoms with Crippen LogP contribution in [0.1, 0.15) is 18.4 Å². The number of likely N-dealkylation sites (N-methyl/N-ethyl adjacent to an activating group) is 1. The quantitative estimate of drug-likeness (QED) is 0.875. The minimum Gasteiger partial charge on any atom is -0.444 e. The zero-order valence-electron chi connectivity index (χ0n) is 11.0. The van der Waals surface area contributed by atoms with Gasteiger partial charge in [0.25, 0.3) is 0 Å². The smallest absolute Gasteiger partial charge is 0.409 e. The fraction of sp³-hybridized carbons (Fsp3) is 0.429. The number of nitrogens with one attached hydrogen (secondary N) is 1. The monoisotopic (exact) mass is 262 g/mol. The van der Waals surface area contributed by atoms with E-state index in [1.54, 1.807) is 7.05 Å². The Labute approximate surface area is 112 Å². The molecule has 0 aliphatic carbocycles. The van der Waals surface area contributed by atoms with Gasteiger partial charge in [0, 0.05) is 20.0 Å². The summed E-state index contributed by atoms with van der Waals surface area (Å²) in [6, 6.07) is 9.75. The van der Waals surface area contributed by atoms with E-state index in [2.05, 4.69) is 5.32 Å². The molecule has 1 fully saturated rings. The Hall–Kier alpha value is -2.04. The number of nitrogens with zero attached hydrogens (tertiary/aromatic N) is 1. The van der Waals surface area contributed by atoms with Gasteiger partial charge in [-0.25, -0.2) is 4.79 Å². The van der Waals surface area contributed by atoms with Crippen molar-refractivity contribution in [1.82, 2.24) is 10.2 Å². The van der Waals surface area contributed by atoms with Crippen LogP contribution in [0.3, 0.4) is 0 Å². The predicted molar refractivity (Wildman–Crippen MR) is 70.4 cm³/mol. The predicted octanol–water partition coefficient (Wildman–Crippen LogP) is 1.53. The molecule has 5 nitrogen and oxygen atoms in total. The van der Waals surface area contributed by atoms with E-state index in [-0.39, 0.29) is 18.1 Å². The Kier molecular flexibility index (Phi) is 4.39. The van der Waals surface area contributed by atoms with E-state index in [0.717, 1.165) is 5.56 Å². The highest BCUT2D eigenvalue weighted by atomic mass is 16.6. The summed E-state index contributed by atoms with van der Waals surface area (Å²) < 4.78 is 5.09. The molecule has 1 aliphatic heterocycles. The largest absolute Gasteiger partial charge is 0.444 e. The zero-order chi connectivity index (χ0) is 13.7. The van der Waals surface area contributed by atoms with Crippen molar-refractivity contribution < 1.29 is 14.3 Å². The molecule has 0 saturated carbocycles. The van der Waals surface area contributed by atoms with Crippen molar-refractivity contribution in [3.05, 3.63) is 35.9 Å². The first-order valence-electron chi connectivity index (χ1n) is 6.37. The van der Waals surface area contributed by atoms with E-state index in [0.29, 0.717) is 25.9 Å². The van der Waals surface area contributed by atoms with E-state index in [9.17, 15) is 9.59 Å². The van der Waals surface area contributed by atoms with Crippen molar-refractivity contribution in [1.29, 1.82) is 0 Å². The van der Waals surface area contributed by atoms with Gasteiger partial charge in [0.15, 0.2) is 0 Å². The summed E-state index contributed by atoms with van der Waals surface area (Å²) in [4.78, 5) is 24.3. The third kappa shape index (κ3) is 3.98. The minimum absolute atomic E-state index is 0.0190. The van der Waals surface area contributed by atoms with Crippen LogP contribution in [0.15, 0.2) is 30.3 Å². The molecule has 0 aromatic heterocycles. The molecule has 102 valence electrons. The number of hydrogen-bond acceptors (Lipinski definition) is 3. The summed E-state index contributed by atoms with van der Waals surface area (Å²) >= 11 is 0. The van der Waals surface area contributed by atoms with E-state index < -0.39 is 0 Å². The van der Waals surface area contributed by atoms with Crippen LogP contribution in [0.5, 0.6) is 0 Å². The summed E-state index contributed by atoms with van der Waals surface area (Å²) in [5, 5.41) is 2.85. The topological polar surface area (TPSA) is 58.6 Å². The molecule has 1 aromatic rings. The van der Waals surface area contributed by atoms with Crippen LogP contribution >= 0.6 is 0 Å². The van der Waals surface area contributed by atoms with Crippen molar-refractivity contribution in [2.24, 2.45) is 0 Å². The summed E-state index contributed by atoms with van der Waals surface area (Å²) in [7, 11) is 1.69. The van der Waals surface area contributed by atoms with Gasteiger partial charge in [0.05, 0.1) is 6.54 Å².